The van der Waals surface area contributed by atoms with E-state index in [1.807, 2.05) is 31.2 Å². The quantitative estimate of drug-likeness (QED) is 0.466. The summed E-state index contributed by atoms with van der Waals surface area (Å²) in [6, 6.07) is 17.1. The third-order valence-corrected chi connectivity index (χ3v) is 7.30. The molecule has 3 aromatic carbocycles. The largest absolute Gasteiger partial charge is 0.495 e. The van der Waals surface area contributed by atoms with Gasteiger partial charge in [-0.05, 0) is 55.3 Å². The van der Waals surface area contributed by atoms with Crippen molar-refractivity contribution < 1.29 is 22.7 Å². The molecular formula is C25H27ClN2O5S. The molecule has 180 valence electrons. The summed E-state index contributed by atoms with van der Waals surface area (Å²) in [6.45, 7) is 3.57. The Hall–Kier alpha value is -3.23. The molecule has 0 aliphatic carbocycles. The predicted molar refractivity (Wildman–Crippen MR) is 133 cm³/mol. The van der Waals surface area contributed by atoms with Crippen LogP contribution in [0.2, 0.25) is 5.02 Å². The zero-order valence-electron chi connectivity index (χ0n) is 19.5. The van der Waals surface area contributed by atoms with Crippen molar-refractivity contribution in [2.24, 2.45) is 0 Å². The molecule has 0 heterocycles. The van der Waals surface area contributed by atoms with Crippen LogP contribution in [0.5, 0.6) is 11.5 Å². The van der Waals surface area contributed by atoms with Crippen LogP contribution < -0.4 is 19.1 Å². The molecule has 0 atom stereocenters. The summed E-state index contributed by atoms with van der Waals surface area (Å²) < 4.78 is 39.0. The number of carbonyl (C=O) groups is 1. The summed E-state index contributed by atoms with van der Waals surface area (Å²) in [6.07, 6.45) is 0. The lowest BCUT2D eigenvalue weighted by Crippen LogP contribution is -2.40. The first-order valence-electron chi connectivity index (χ1n) is 10.5. The minimum absolute atomic E-state index is 0.0479. The molecule has 0 aliphatic rings. The summed E-state index contributed by atoms with van der Waals surface area (Å²) in [7, 11) is -1.33. The lowest BCUT2D eigenvalue weighted by Gasteiger charge is -2.25. The van der Waals surface area contributed by atoms with E-state index in [0.717, 1.165) is 21.0 Å². The number of nitrogens with zero attached hydrogens (tertiary/aromatic N) is 1. The molecule has 0 spiro atoms. The number of amides is 1. The van der Waals surface area contributed by atoms with Crippen LogP contribution in [0, 0.1) is 13.8 Å². The number of sulfonamides is 1. The van der Waals surface area contributed by atoms with Gasteiger partial charge in [0.2, 0.25) is 5.91 Å². The zero-order valence-corrected chi connectivity index (χ0v) is 21.0. The molecule has 0 aliphatic heterocycles. The van der Waals surface area contributed by atoms with Crippen LogP contribution in [-0.2, 0) is 21.4 Å². The second-order valence-electron chi connectivity index (χ2n) is 7.75. The Morgan fingerprint density at radius 3 is 2.15 bits per heavy atom. The molecule has 0 fully saturated rings. The molecule has 3 aromatic rings. The number of nitrogens with one attached hydrogen (secondary N) is 1. The monoisotopic (exact) mass is 502 g/mol. The zero-order chi connectivity index (χ0) is 24.9. The Balaban J connectivity index is 1.97. The Labute approximate surface area is 205 Å². The first kappa shape index (κ1) is 25.4. The second kappa shape index (κ2) is 10.8. The van der Waals surface area contributed by atoms with Gasteiger partial charge in [-0.15, -0.1) is 0 Å². The van der Waals surface area contributed by atoms with Crippen molar-refractivity contribution in [3.63, 3.8) is 0 Å². The minimum Gasteiger partial charge on any atom is -0.495 e. The third kappa shape index (κ3) is 5.81. The van der Waals surface area contributed by atoms with E-state index in [9.17, 15) is 13.2 Å². The highest BCUT2D eigenvalue weighted by molar-refractivity contribution is 7.93. The Morgan fingerprint density at radius 2 is 1.53 bits per heavy atom. The van der Waals surface area contributed by atoms with E-state index >= 15 is 0 Å². The molecule has 0 radical (unpaired) electrons. The van der Waals surface area contributed by atoms with Crippen molar-refractivity contribution in [3.8, 4) is 11.5 Å². The molecular weight excluding hydrogens is 476 g/mol. The summed E-state index contributed by atoms with van der Waals surface area (Å²) in [5, 5.41) is 3.00. The summed E-state index contributed by atoms with van der Waals surface area (Å²) in [4.78, 5) is 12.8. The van der Waals surface area contributed by atoms with Crippen molar-refractivity contribution in [3.05, 3.63) is 82.4 Å². The molecule has 7 nitrogen and oxygen atoms in total. The number of hydrogen-bond donors (Lipinski definition) is 1. The van der Waals surface area contributed by atoms with Gasteiger partial charge >= 0.3 is 0 Å². The number of rotatable bonds is 9. The summed E-state index contributed by atoms with van der Waals surface area (Å²) >= 11 is 6.27. The van der Waals surface area contributed by atoms with Gasteiger partial charge in [0.05, 0.1) is 24.9 Å². The van der Waals surface area contributed by atoms with Gasteiger partial charge in [0.1, 0.15) is 22.9 Å². The van der Waals surface area contributed by atoms with E-state index in [0.29, 0.717) is 5.75 Å². The number of hydrogen-bond acceptors (Lipinski definition) is 5. The predicted octanol–water partition coefficient (Wildman–Crippen LogP) is 4.49. The Bertz CT molecular complexity index is 1280. The number of halogens is 1. The van der Waals surface area contributed by atoms with Crippen LogP contribution in [0.15, 0.2) is 65.6 Å². The van der Waals surface area contributed by atoms with Crippen LogP contribution in [0.3, 0.4) is 0 Å². The number of anilines is 1. The van der Waals surface area contributed by atoms with E-state index < -0.39 is 22.5 Å². The SMILES string of the molecule is COc1ccc(N(CC(=O)NCc2ccc(C)cc2)S(=O)(=O)c2cc(C)ccc2OC)cc1Cl. The molecule has 34 heavy (non-hydrogen) atoms. The molecule has 3 rings (SSSR count). The normalized spacial score (nSPS) is 11.1. The highest BCUT2D eigenvalue weighted by Gasteiger charge is 2.30. The van der Waals surface area contributed by atoms with Crippen molar-refractivity contribution in [2.45, 2.75) is 25.3 Å². The van der Waals surface area contributed by atoms with E-state index in [2.05, 4.69) is 5.32 Å². The number of methoxy groups -OCH3 is 2. The van der Waals surface area contributed by atoms with Crippen LogP contribution >= 0.6 is 11.6 Å². The van der Waals surface area contributed by atoms with Crippen LogP contribution in [-0.4, -0.2) is 35.1 Å². The molecule has 1 amide bonds. The van der Waals surface area contributed by atoms with E-state index in [1.165, 1.54) is 32.4 Å². The molecule has 9 heteroatoms. The van der Waals surface area contributed by atoms with Gasteiger partial charge in [0.15, 0.2) is 0 Å². The minimum atomic E-state index is -4.19. The van der Waals surface area contributed by atoms with Crippen LogP contribution in [0.1, 0.15) is 16.7 Å². The number of ether oxygens (including phenoxy) is 2. The summed E-state index contributed by atoms with van der Waals surface area (Å²) in [5.74, 6) is 0.0951. The Kier molecular flexibility index (Phi) is 8.06. The fourth-order valence-corrected chi connectivity index (χ4v) is 5.23. The van der Waals surface area contributed by atoms with Gasteiger partial charge in [0.25, 0.3) is 10.0 Å². The maximum Gasteiger partial charge on any atom is 0.268 e. The average molecular weight is 503 g/mol. The van der Waals surface area contributed by atoms with Gasteiger partial charge in [0, 0.05) is 6.54 Å². The lowest BCUT2D eigenvalue weighted by molar-refractivity contribution is -0.119. The van der Waals surface area contributed by atoms with Gasteiger partial charge in [-0.3, -0.25) is 9.10 Å². The fourth-order valence-electron chi connectivity index (χ4n) is 3.32. The van der Waals surface area contributed by atoms with E-state index in [4.69, 9.17) is 21.1 Å². The smallest absolute Gasteiger partial charge is 0.268 e. The number of benzene rings is 3. The molecule has 0 aromatic heterocycles. The second-order valence-corrected chi connectivity index (χ2v) is 9.99. The molecule has 0 bridgehead atoms. The maximum absolute atomic E-state index is 13.8. The van der Waals surface area contributed by atoms with Crippen LogP contribution in [0.25, 0.3) is 0 Å². The topological polar surface area (TPSA) is 84.9 Å². The van der Waals surface area contributed by atoms with E-state index in [-0.39, 0.29) is 27.9 Å². The highest BCUT2D eigenvalue weighted by Crippen LogP contribution is 2.34. The lowest BCUT2D eigenvalue weighted by atomic mass is 10.1. The maximum atomic E-state index is 13.8. The van der Waals surface area contributed by atoms with Crippen molar-refractivity contribution in [1.29, 1.82) is 0 Å². The molecule has 0 saturated heterocycles. The first-order valence-corrected chi connectivity index (χ1v) is 12.3. The fraction of sp³-hybridized carbons (Fsp3) is 0.240. The van der Waals surface area contributed by atoms with Gasteiger partial charge in [-0.25, -0.2) is 8.42 Å². The highest BCUT2D eigenvalue weighted by atomic mass is 35.5. The van der Waals surface area contributed by atoms with Crippen molar-refractivity contribution in [2.75, 3.05) is 25.1 Å². The third-order valence-electron chi connectivity index (χ3n) is 5.21. The van der Waals surface area contributed by atoms with Gasteiger partial charge in [-0.2, -0.15) is 0 Å². The molecule has 0 unspecified atom stereocenters. The number of carbonyl (C=O) groups excluding carboxylic acids is 1. The molecule has 0 saturated carbocycles. The van der Waals surface area contributed by atoms with Crippen molar-refractivity contribution >= 4 is 33.2 Å². The van der Waals surface area contributed by atoms with Crippen molar-refractivity contribution in [1.82, 2.24) is 5.32 Å². The molecule has 1 N–H and O–H groups in total. The van der Waals surface area contributed by atoms with Crippen LogP contribution in [0.4, 0.5) is 5.69 Å². The Morgan fingerprint density at radius 1 is 0.912 bits per heavy atom. The standard InChI is InChI=1S/C25H27ClN2O5S/c1-17-5-8-19(9-6-17)15-27-25(29)16-28(20-10-12-22(32-3)21(26)14-20)34(30,31)24-13-18(2)7-11-23(24)33-4/h5-14H,15-16H2,1-4H3,(H,27,29). The summed E-state index contributed by atoms with van der Waals surface area (Å²) in [5.41, 5.74) is 2.97. The van der Waals surface area contributed by atoms with E-state index in [1.54, 1.807) is 25.1 Å². The first-order chi connectivity index (χ1) is 16.1. The average Bonchev–Trinajstić information content (AvgIpc) is 2.82. The van der Waals surface area contributed by atoms with Gasteiger partial charge < -0.3 is 14.8 Å². The van der Waals surface area contributed by atoms with Gasteiger partial charge in [-0.1, -0.05) is 47.5 Å². The number of aryl methyl sites for hydroxylation is 2.